The van der Waals surface area contributed by atoms with E-state index in [1.807, 2.05) is 0 Å². The fourth-order valence-electron chi connectivity index (χ4n) is 7.13. The average molecular weight is 610 g/mol. The summed E-state index contributed by atoms with van der Waals surface area (Å²) in [6.07, 6.45) is 0. The maximum atomic E-state index is 5.28. The largest absolute Gasteiger partial charge is 0.247 e. The molecule has 0 atom stereocenters. The van der Waals surface area contributed by atoms with Crippen LogP contribution in [0.15, 0.2) is 164 Å². The highest BCUT2D eigenvalue weighted by Gasteiger charge is 2.14. The van der Waals surface area contributed by atoms with Crippen molar-refractivity contribution in [1.82, 2.24) is 15.0 Å². The second-order valence-corrected chi connectivity index (χ2v) is 12.5. The second-order valence-electron chi connectivity index (χ2n) is 12.5. The van der Waals surface area contributed by atoms with Crippen LogP contribution in [0.1, 0.15) is 0 Å². The van der Waals surface area contributed by atoms with E-state index in [9.17, 15) is 0 Å². The van der Waals surface area contributed by atoms with Crippen LogP contribution < -0.4 is 0 Å². The van der Waals surface area contributed by atoms with Crippen LogP contribution in [-0.2, 0) is 0 Å². The number of rotatable bonds is 3. The molecule has 0 fully saturated rings. The third-order valence-corrected chi connectivity index (χ3v) is 9.57. The summed E-state index contributed by atoms with van der Waals surface area (Å²) in [5.74, 6) is 0. The lowest BCUT2D eigenvalue weighted by molar-refractivity contribution is 1.37. The minimum absolute atomic E-state index is 0.916. The minimum Gasteiger partial charge on any atom is -0.247 e. The average Bonchev–Trinajstić information content (AvgIpc) is 3.17. The Morgan fingerprint density at radius 2 is 0.521 bits per heavy atom. The molecule has 0 aliphatic rings. The maximum Gasteiger partial charge on any atom is 0.0787 e. The van der Waals surface area contributed by atoms with E-state index < -0.39 is 0 Å². The van der Waals surface area contributed by atoms with Gasteiger partial charge in [-0.25, -0.2) is 15.0 Å². The van der Waals surface area contributed by atoms with E-state index in [2.05, 4.69) is 164 Å². The van der Waals surface area contributed by atoms with E-state index >= 15 is 0 Å². The van der Waals surface area contributed by atoms with Crippen molar-refractivity contribution in [2.75, 3.05) is 0 Å². The molecular weight excluding hydrogens is 583 g/mol. The van der Waals surface area contributed by atoms with Crippen LogP contribution in [0, 0.1) is 0 Å². The van der Waals surface area contributed by atoms with Crippen molar-refractivity contribution < 1.29 is 0 Å². The van der Waals surface area contributed by atoms with Gasteiger partial charge >= 0.3 is 0 Å². The van der Waals surface area contributed by atoms with E-state index in [0.717, 1.165) is 82.6 Å². The number of pyridine rings is 3. The number of hydrogen-bond donors (Lipinski definition) is 0. The van der Waals surface area contributed by atoms with Crippen LogP contribution in [0.3, 0.4) is 0 Å². The third-order valence-electron chi connectivity index (χ3n) is 9.57. The van der Waals surface area contributed by atoms with E-state index in [1.54, 1.807) is 0 Å². The van der Waals surface area contributed by atoms with E-state index in [4.69, 9.17) is 15.0 Å². The number of aromatic nitrogens is 3. The zero-order chi connectivity index (χ0) is 31.6. The number of benzene rings is 7. The Kier molecular flexibility index (Phi) is 5.87. The van der Waals surface area contributed by atoms with E-state index in [1.165, 1.54) is 16.2 Å². The fourth-order valence-corrected chi connectivity index (χ4v) is 7.13. The van der Waals surface area contributed by atoms with Crippen molar-refractivity contribution in [1.29, 1.82) is 0 Å². The molecule has 3 heteroatoms. The molecule has 0 N–H and O–H groups in total. The summed E-state index contributed by atoms with van der Waals surface area (Å²) in [4.78, 5) is 15.9. The SMILES string of the molecule is c1ccc2c(c1)ccc1ccc(-c3cc(-c4ccc5ccc6ccccc6c5n4)cc(-c4ccc5ccc6ccccc6c5n4)c3)nc12. The number of hydrogen-bond acceptors (Lipinski definition) is 3. The molecular formula is C45H27N3. The first-order valence-corrected chi connectivity index (χ1v) is 16.3. The zero-order valence-electron chi connectivity index (χ0n) is 25.9. The van der Waals surface area contributed by atoms with Crippen LogP contribution >= 0.6 is 0 Å². The van der Waals surface area contributed by atoms with Crippen molar-refractivity contribution in [3.63, 3.8) is 0 Å². The van der Waals surface area contributed by atoms with Gasteiger partial charge in [0.25, 0.3) is 0 Å². The highest BCUT2D eigenvalue weighted by Crippen LogP contribution is 2.36. The van der Waals surface area contributed by atoms with Gasteiger partial charge in [0.05, 0.1) is 33.6 Å². The molecule has 0 unspecified atom stereocenters. The molecule has 3 heterocycles. The monoisotopic (exact) mass is 609 g/mol. The van der Waals surface area contributed by atoms with Gasteiger partial charge in [0.2, 0.25) is 0 Å². The summed E-state index contributed by atoms with van der Waals surface area (Å²) >= 11 is 0. The highest BCUT2D eigenvalue weighted by atomic mass is 14.7. The molecule has 0 aliphatic heterocycles. The van der Waals surface area contributed by atoms with Crippen LogP contribution in [-0.4, -0.2) is 15.0 Å². The van der Waals surface area contributed by atoms with E-state index in [-0.39, 0.29) is 0 Å². The molecule has 0 amide bonds. The van der Waals surface area contributed by atoms with Gasteiger partial charge in [0, 0.05) is 49.0 Å². The Morgan fingerprint density at radius 3 is 0.854 bits per heavy atom. The maximum absolute atomic E-state index is 5.28. The highest BCUT2D eigenvalue weighted by molar-refractivity contribution is 6.08. The fraction of sp³-hybridized carbons (Fsp3) is 0. The minimum atomic E-state index is 0.916. The van der Waals surface area contributed by atoms with Crippen LogP contribution in [0.5, 0.6) is 0 Å². The van der Waals surface area contributed by atoms with Crippen molar-refractivity contribution in [2.45, 2.75) is 0 Å². The summed E-state index contributed by atoms with van der Waals surface area (Å²) in [6.45, 7) is 0. The molecule has 0 radical (unpaired) electrons. The van der Waals surface area contributed by atoms with Gasteiger partial charge in [-0.1, -0.05) is 127 Å². The molecule has 10 aromatic rings. The zero-order valence-corrected chi connectivity index (χ0v) is 25.9. The molecule has 0 saturated carbocycles. The van der Waals surface area contributed by atoms with Crippen molar-refractivity contribution in [3.8, 4) is 33.8 Å². The molecule has 0 saturated heterocycles. The quantitative estimate of drug-likeness (QED) is 0.187. The molecule has 48 heavy (non-hydrogen) atoms. The van der Waals surface area contributed by atoms with Crippen molar-refractivity contribution in [2.24, 2.45) is 0 Å². The second kappa shape index (κ2) is 10.5. The van der Waals surface area contributed by atoms with E-state index in [0.29, 0.717) is 0 Å². The lowest BCUT2D eigenvalue weighted by Crippen LogP contribution is -1.93. The Balaban J connectivity index is 1.22. The molecule has 3 aromatic heterocycles. The lowest BCUT2D eigenvalue weighted by atomic mass is 9.97. The van der Waals surface area contributed by atoms with Crippen LogP contribution in [0.4, 0.5) is 0 Å². The van der Waals surface area contributed by atoms with Crippen molar-refractivity contribution in [3.05, 3.63) is 164 Å². The Hall–Kier alpha value is -6.45. The summed E-state index contributed by atoms with van der Waals surface area (Å²) in [7, 11) is 0. The molecule has 0 spiro atoms. The summed E-state index contributed by atoms with van der Waals surface area (Å²) in [6, 6.07) is 57.9. The molecule has 0 bridgehead atoms. The van der Waals surface area contributed by atoms with Gasteiger partial charge in [-0.3, -0.25) is 0 Å². The Bertz CT molecular complexity index is 2580. The van der Waals surface area contributed by atoms with Gasteiger partial charge in [0.1, 0.15) is 0 Å². The standard InChI is InChI=1S/C45H27N3/c1-4-10-37-28(7-1)13-16-31-19-22-40(46-43(31)37)34-25-35(41-23-20-32-17-14-29-8-2-5-11-38(29)44(32)47-41)27-36(26-34)42-24-21-33-18-15-30-9-3-6-12-39(30)45(33)48-42/h1-27H. The molecule has 7 aromatic carbocycles. The molecule has 222 valence electrons. The predicted octanol–water partition coefficient (Wildman–Crippen LogP) is 11.8. The third kappa shape index (κ3) is 4.33. The summed E-state index contributed by atoms with van der Waals surface area (Å²) < 4.78 is 0. The molecule has 3 nitrogen and oxygen atoms in total. The summed E-state index contributed by atoms with van der Waals surface area (Å²) in [5, 5.41) is 10.4. The Labute approximate surface area is 276 Å². The van der Waals surface area contributed by atoms with Gasteiger partial charge < -0.3 is 0 Å². The molecule has 0 aliphatic carbocycles. The first-order valence-electron chi connectivity index (χ1n) is 16.3. The lowest BCUT2D eigenvalue weighted by Gasteiger charge is -2.13. The van der Waals surface area contributed by atoms with Gasteiger partial charge in [0.15, 0.2) is 0 Å². The molecule has 10 rings (SSSR count). The van der Waals surface area contributed by atoms with Gasteiger partial charge in [-0.2, -0.15) is 0 Å². The van der Waals surface area contributed by atoms with Gasteiger partial charge in [-0.05, 0) is 52.6 Å². The number of nitrogens with zero attached hydrogens (tertiary/aromatic N) is 3. The summed E-state index contributed by atoms with van der Waals surface area (Å²) in [5.41, 5.74) is 8.83. The first-order chi connectivity index (χ1) is 23.7. The first kappa shape index (κ1) is 26.7. The number of fused-ring (bicyclic) bond motifs is 9. The van der Waals surface area contributed by atoms with Crippen LogP contribution in [0.25, 0.3) is 98.8 Å². The Morgan fingerprint density at radius 1 is 0.250 bits per heavy atom. The van der Waals surface area contributed by atoms with Crippen molar-refractivity contribution >= 4 is 65.0 Å². The van der Waals surface area contributed by atoms with Gasteiger partial charge in [-0.15, -0.1) is 0 Å². The smallest absolute Gasteiger partial charge is 0.0787 e. The van der Waals surface area contributed by atoms with Crippen LogP contribution in [0.2, 0.25) is 0 Å². The topological polar surface area (TPSA) is 38.7 Å². The normalized spacial score (nSPS) is 11.8. The predicted molar refractivity (Wildman–Crippen MR) is 201 cm³/mol.